The third-order valence-corrected chi connectivity index (χ3v) is 0. The molecular formula is C5H12. The fourth-order valence-corrected chi connectivity index (χ4v) is 0. The fourth-order valence-electron chi connectivity index (χ4n) is 0. The van der Waals surface area contributed by atoms with Crippen molar-refractivity contribution in [2.75, 3.05) is 0 Å². The summed E-state index contributed by atoms with van der Waals surface area (Å²) < 4.78 is 6.85. The Morgan fingerprint density at radius 1 is 1.40 bits per heavy atom. The Morgan fingerprint density at radius 3 is 1.60 bits per heavy atom. The van der Waals surface area contributed by atoms with Crippen LogP contribution in [0.4, 0.5) is 0 Å². The van der Waals surface area contributed by atoms with E-state index in [2.05, 4.69) is 20.8 Å². The van der Waals surface area contributed by atoms with Crippen molar-refractivity contribution in [1.82, 2.24) is 0 Å². The minimum Gasteiger partial charge on any atom is -0.0604 e. The van der Waals surface area contributed by atoms with Crippen LogP contribution in [-0.4, -0.2) is 0 Å². The van der Waals surface area contributed by atoms with Gasteiger partial charge in [0.2, 0.25) is 0 Å². The molecule has 0 rings (SSSR count). The lowest BCUT2D eigenvalue weighted by Crippen LogP contribution is -1.93. The summed E-state index contributed by atoms with van der Waals surface area (Å²) in [6.07, 6.45) is 0. The van der Waals surface area contributed by atoms with Crippen LogP contribution < -0.4 is 0 Å². The molecule has 0 aromatic rings. The number of hydrogen-bond acceptors (Lipinski definition) is 0. The van der Waals surface area contributed by atoms with E-state index in [4.69, 9.17) is 1.37 Å². The lowest BCUT2D eigenvalue weighted by molar-refractivity contribution is 0.469. The summed E-state index contributed by atoms with van der Waals surface area (Å²) in [5.74, 6) is 0. The highest BCUT2D eigenvalue weighted by molar-refractivity contribution is 4.47. The van der Waals surface area contributed by atoms with Crippen molar-refractivity contribution in [3.8, 4) is 0 Å². The average Bonchev–Trinajstić information content (AvgIpc) is 1.35. The van der Waals surface area contributed by atoms with E-state index in [0.717, 1.165) is 0 Å². The van der Waals surface area contributed by atoms with E-state index in [1.165, 1.54) is 0 Å². The van der Waals surface area contributed by atoms with Gasteiger partial charge in [0.25, 0.3) is 0 Å². The average molecular weight is 74.2 g/mol. The highest BCUT2D eigenvalue weighted by atomic mass is 14.0. The largest absolute Gasteiger partial charge is 0.0604 e. The number of hydrogen-bond donors (Lipinski definition) is 0. The van der Waals surface area contributed by atoms with Crippen LogP contribution in [0.25, 0.3) is 0 Å². The Hall–Kier alpha value is 0. The lowest BCUT2D eigenvalue weighted by Gasteiger charge is -2.05. The molecule has 0 unspecified atom stereocenters. The quantitative estimate of drug-likeness (QED) is 0.412. The zero-order chi connectivity index (χ0) is 5.21. The molecule has 0 heteroatoms. The molecule has 0 spiro atoms. The Balaban J connectivity index is 3.17. The summed E-state index contributed by atoms with van der Waals surface area (Å²) in [5, 5.41) is 0. The van der Waals surface area contributed by atoms with Gasteiger partial charge in [0.15, 0.2) is 0 Å². The molecule has 0 nitrogen and oxygen atoms in total. The molecule has 32 valence electrons. The maximum atomic E-state index is 6.85. The van der Waals surface area contributed by atoms with Gasteiger partial charge in [-0.2, -0.15) is 0 Å². The Kier molecular flexibility index (Phi) is 0.640. The SMILES string of the molecule is [3H]CC(C)(C)C. The molecule has 5 heavy (non-hydrogen) atoms. The molecule has 0 radical (unpaired) electrons. The van der Waals surface area contributed by atoms with Gasteiger partial charge in [0.05, 0.1) is 0 Å². The van der Waals surface area contributed by atoms with Gasteiger partial charge in [-0.1, -0.05) is 27.7 Å². The summed E-state index contributed by atoms with van der Waals surface area (Å²) in [5.41, 5.74) is 0.208. The summed E-state index contributed by atoms with van der Waals surface area (Å²) >= 11 is 0. The zero-order valence-electron chi connectivity index (χ0n) is 5.21. The van der Waals surface area contributed by atoms with Crippen LogP contribution in [0, 0.1) is 5.41 Å². The molecule has 0 aliphatic carbocycles. The standard InChI is InChI=1S/C5H12/c1-5(2,3)4/h1-4H3/i1T. The van der Waals surface area contributed by atoms with E-state index >= 15 is 0 Å². The van der Waals surface area contributed by atoms with Crippen molar-refractivity contribution in [2.45, 2.75) is 27.7 Å². The second-order valence-corrected chi connectivity index (χ2v) is 2.56. The fraction of sp³-hybridized carbons (Fsp3) is 1.00. The van der Waals surface area contributed by atoms with Crippen LogP contribution in [0.2, 0.25) is 0 Å². The molecule has 0 N–H and O–H groups in total. The third-order valence-electron chi connectivity index (χ3n) is 0. The third kappa shape index (κ3) is 0. The Labute approximate surface area is 35.6 Å². The van der Waals surface area contributed by atoms with E-state index in [1.807, 2.05) is 0 Å². The van der Waals surface area contributed by atoms with Gasteiger partial charge in [0.1, 0.15) is 0 Å². The van der Waals surface area contributed by atoms with Gasteiger partial charge in [-0.3, -0.25) is 0 Å². The molecule has 0 aliphatic rings. The topological polar surface area (TPSA) is 0 Å². The van der Waals surface area contributed by atoms with Gasteiger partial charge in [-0.05, 0) is 5.41 Å². The van der Waals surface area contributed by atoms with Gasteiger partial charge < -0.3 is 0 Å². The molecule has 0 saturated heterocycles. The molecule has 0 heterocycles. The van der Waals surface area contributed by atoms with Gasteiger partial charge in [-0.15, -0.1) is 0 Å². The molecule has 0 amide bonds. The first-order chi connectivity index (χ1) is 2.56. The molecule has 0 atom stereocenters. The first kappa shape index (κ1) is 3.20. The van der Waals surface area contributed by atoms with Crippen molar-refractivity contribution < 1.29 is 1.37 Å². The molecule has 0 bridgehead atoms. The molecule has 0 aromatic heterocycles. The van der Waals surface area contributed by atoms with Crippen LogP contribution >= 0.6 is 0 Å². The smallest absolute Gasteiger partial charge is 0.0236 e. The highest BCUT2D eigenvalue weighted by Gasteiger charge is 1.95. The van der Waals surface area contributed by atoms with E-state index in [-0.39, 0.29) is 5.41 Å². The van der Waals surface area contributed by atoms with Gasteiger partial charge in [-0.25, -0.2) is 0 Å². The van der Waals surface area contributed by atoms with Crippen LogP contribution in [0.1, 0.15) is 29.0 Å². The van der Waals surface area contributed by atoms with Crippen molar-refractivity contribution in [3.05, 3.63) is 0 Å². The van der Waals surface area contributed by atoms with Crippen molar-refractivity contribution in [2.24, 2.45) is 5.41 Å². The molecular weight excluding hydrogens is 60.1 g/mol. The maximum Gasteiger partial charge on any atom is 0.0236 e. The van der Waals surface area contributed by atoms with E-state index < -0.39 is 0 Å². The monoisotopic (exact) mass is 74.1 g/mol. The number of rotatable bonds is 0. The highest BCUT2D eigenvalue weighted by Crippen LogP contribution is 2.07. The summed E-state index contributed by atoms with van der Waals surface area (Å²) in [6, 6.07) is 0. The van der Waals surface area contributed by atoms with Gasteiger partial charge >= 0.3 is 0 Å². The van der Waals surface area contributed by atoms with Crippen LogP contribution in [0.3, 0.4) is 0 Å². The van der Waals surface area contributed by atoms with Crippen LogP contribution in [0.15, 0.2) is 0 Å². The van der Waals surface area contributed by atoms with Crippen molar-refractivity contribution >= 4 is 0 Å². The van der Waals surface area contributed by atoms with Crippen molar-refractivity contribution in [1.29, 1.82) is 0 Å². The van der Waals surface area contributed by atoms with Crippen LogP contribution in [0.5, 0.6) is 0 Å². The second kappa shape index (κ2) is 1.00. The summed E-state index contributed by atoms with van der Waals surface area (Å²) in [6.45, 7) is 6.69. The predicted octanol–water partition coefficient (Wildman–Crippen LogP) is 2.05. The van der Waals surface area contributed by atoms with E-state index in [0.29, 0.717) is 6.90 Å². The zero-order valence-corrected chi connectivity index (χ0v) is 4.21. The second-order valence-electron chi connectivity index (χ2n) is 2.56. The van der Waals surface area contributed by atoms with E-state index in [1.54, 1.807) is 0 Å². The summed E-state index contributed by atoms with van der Waals surface area (Å²) in [7, 11) is 0. The molecule has 0 saturated carbocycles. The Bertz CT molecular complexity index is 33.7. The Morgan fingerprint density at radius 2 is 1.60 bits per heavy atom. The first-order valence-corrected chi connectivity index (χ1v) is 1.85. The first-order valence-electron chi connectivity index (χ1n) is 2.56. The maximum absolute atomic E-state index is 6.85. The van der Waals surface area contributed by atoms with Crippen LogP contribution in [-0.2, 0) is 0 Å². The predicted molar refractivity (Wildman–Crippen MR) is 25.1 cm³/mol. The molecule has 0 fully saturated rings. The lowest BCUT2D eigenvalue weighted by atomic mass is 10.0. The summed E-state index contributed by atoms with van der Waals surface area (Å²) in [4.78, 5) is 0. The van der Waals surface area contributed by atoms with Gasteiger partial charge in [0, 0.05) is 1.37 Å². The van der Waals surface area contributed by atoms with Crippen molar-refractivity contribution in [3.63, 3.8) is 0 Å². The normalized spacial score (nSPS) is 14.6. The minimum absolute atomic E-state index is 0.208. The van der Waals surface area contributed by atoms with E-state index in [9.17, 15) is 0 Å². The minimum atomic E-state index is 0.208. The molecule has 0 aromatic carbocycles. The molecule has 0 aliphatic heterocycles.